The fourth-order valence-electron chi connectivity index (χ4n) is 2.78. The van der Waals surface area contributed by atoms with Crippen molar-refractivity contribution in [3.8, 4) is 0 Å². The first-order valence-electron chi connectivity index (χ1n) is 8.52. The zero-order valence-corrected chi connectivity index (χ0v) is 15.7. The van der Waals surface area contributed by atoms with E-state index >= 15 is 0 Å². The molecular weight excluding hydrogens is 352 g/mol. The molecule has 0 saturated heterocycles. The highest BCUT2D eigenvalue weighted by atomic mass is 16.6. The van der Waals surface area contributed by atoms with Gasteiger partial charge >= 0.3 is 11.9 Å². The van der Waals surface area contributed by atoms with Crippen molar-refractivity contribution < 1.29 is 24.0 Å². The number of benzene rings is 1. The van der Waals surface area contributed by atoms with Crippen LogP contribution in [0.5, 0.6) is 0 Å². The summed E-state index contributed by atoms with van der Waals surface area (Å²) in [7, 11) is 0. The number of ether oxygens (including phenoxy) is 2. The van der Waals surface area contributed by atoms with Crippen molar-refractivity contribution in [1.82, 2.24) is 4.57 Å². The number of nitro groups is 1. The summed E-state index contributed by atoms with van der Waals surface area (Å²) in [6.07, 6.45) is -0.641. The largest absolute Gasteiger partial charge is 0.462 e. The van der Waals surface area contributed by atoms with Crippen LogP contribution < -0.4 is 0 Å². The Labute approximate surface area is 156 Å². The highest BCUT2D eigenvalue weighted by molar-refractivity contribution is 5.91. The molecule has 2 aromatic rings. The van der Waals surface area contributed by atoms with Gasteiger partial charge in [0.15, 0.2) is 0 Å². The number of non-ortho nitro benzene ring substituents is 1. The molecule has 1 aromatic heterocycles. The predicted molar refractivity (Wildman–Crippen MR) is 97.5 cm³/mol. The molecule has 144 valence electrons. The van der Waals surface area contributed by atoms with E-state index in [9.17, 15) is 19.7 Å². The Balaban J connectivity index is 2.11. The van der Waals surface area contributed by atoms with Gasteiger partial charge in [0, 0.05) is 23.5 Å². The second-order valence-electron chi connectivity index (χ2n) is 6.08. The summed E-state index contributed by atoms with van der Waals surface area (Å²) in [6.45, 7) is 7.09. The fourth-order valence-corrected chi connectivity index (χ4v) is 2.78. The molecule has 1 aromatic carbocycles. The molecule has 0 amide bonds. The highest BCUT2D eigenvalue weighted by Gasteiger charge is 2.20. The molecule has 0 saturated carbocycles. The van der Waals surface area contributed by atoms with Crippen LogP contribution in [0.1, 0.15) is 47.3 Å². The Bertz CT molecular complexity index is 871. The lowest BCUT2D eigenvalue weighted by molar-refractivity contribution is -0.385. The summed E-state index contributed by atoms with van der Waals surface area (Å²) in [6, 6.07) is 7.63. The Morgan fingerprint density at radius 3 is 2.59 bits per heavy atom. The van der Waals surface area contributed by atoms with Gasteiger partial charge in [0.2, 0.25) is 0 Å². The van der Waals surface area contributed by atoms with Crippen molar-refractivity contribution >= 4 is 17.6 Å². The summed E-state index contributed by atoms with van der Waals surface area (Å²) in [5, 5.41) is 10.9. The van der Waals surface area contributed by atoms with Gasteiger partial charge in [-0.3, -0.25) is 14.9 Å². The number of hydrogen-bond donors (Lipinski definition) is 0. The standard InChI is InChI=1S/C19H22N2O6/c1-5-26-19(23)17-9-12(2)20(13(17)3)11-18(22)27-14(4)15-7-6-8-16(10-15)21(24)25/h6-10,14H,5,11H2,1-4H3/t14-/m0/s1. The van der Waals surface area contributed by atoms with Gasteiger partial charge in [-0.15, -0.1) is 0 Å². The number of aromatic nitrogens is 1. The smallest absolute Gasteiger partial charge is 0.339 e. The average Bonchev–Trinajstić information content (AvgIpc) is 2.90. The van der Waals surface area contributed by atoms with Crippen molar-refractivity contribution in [2.45, 2.75) is 40.3 Å². The van der Waals surface area contributed by atoms with Crippen LogP contribution in [0.2, 0.25) is 0 Å². The summed E-state index contributed by atoms with van der Waals surface area (Å²) < 4.78 is 12.1. The summed E-state index contributed by atoms with van der Waals surface area (Å²) in [5.41, 5.74) is 2.23. The molecule has 0 aliphatic rings. The molecule has 27 heavy (non-hydrogen) atoms. The van der Waals surface area contributed by atoms with Gasteiger partial charge in [0.05, 0.1) is 17.1 Å². The molecule has 2 rings (SSSR count). The molecule has 0 aliphatic heterocycles. The minimum Gasteiger partial charge on any atom is -0.462 e. The minimum absolute atomic E-state index is 0.0634. The molecule has 0 N–H and O–H groups in total. The van der Waals surface area contributed by atoms with E-state index in [1.165, 1.54) is 12.1 Å². The first-order chi connectivity index (χ1) is 12.7. The third-order valence-electron chi connectivity index (χ3n) is 4.21. The Morgan fingerprint density at radius 1 is 1.26 bits per heavy atom. The number of nitrogens with zero attached hydrogens (tertiary/aromatic N) is 2. The Morgan fingerprint density at radius 2 is 1.96 bits per heavy atom. The maximum Gasteiger partial charge on any atom is 0.339 e. The Hall–Kier alpha value is -3.16. The van der Waals surface area contributed by atoms with Crippen molar-refractivity contribution in [1.29, 1.82) is 0 Å². The van der Waals surface area contributed by atoms with Crippen molar-refractivity contribution in [2.24, 2.45) is 0 Å². The van der Waals surface area contributed by atoms with Crippen molar-refractivity contribution in [3.05, 3.63) is 63.0 Å². The second-order valence-corrected chi connectivity index (χ2v) is 6.08. The lowest BCUT2D eigenvalue weighted by Crippen LogP contribution is -2.18. The van der Waals surface area contributed by atoms with Crippen molar-refractivity contribution in [3.63, 3.8) is 0 Å². The first-order valence-corrected chi connectivity index (χ1v) is 8.52. The van der Waals surface area contributed by atoms with Crippen LogP contribution in [0.25, 0.3) is 0 Å². The van der Waals surface area contributed by atoms with E-state index in [1.807, 2.05) is 0 Å². The number of hydrogen-bond acceptors (Lipinski definition) is 6. The summed E-state index contributed by atoms with van der Waals surface area (Å²) >= 11 is 0. The maximum absolute atomic E-state index is 12.3. The van der Waals surface area contributed by atoms with Gasteiger partial charge in [0.25, 0.3) is 5.69 Å². The third kappa shape index (κ3) is 4.72. The molecule has 0 unspecified atom stereocenters. The van der Waals surface area contributed by atoms with Gasteiger partial charge in [-0.1, -0.05) is 12.1 Å². The molecular formula is C19H22N2O6. The van der Waals surface area contributed by atoms with Crippen LogP contribution in [0.3, 0.4) is 0 Å². The van der Waals surface area contributed by atoms with Crippen LogP contribution >= 0.6 is 0 Å². The molecule has 0 radical (unpaired) electrons. The lowest BCUT2D eigenvalue weighted by atomic mass is 10.1. The second kappa shape index (κ2) is 8.48. The van der Waals surface area contributed by atoms with E-state index in [-0.39, 0.29) is 18.8 Å². The quantitative estimate of drug-likeness (QED) is 0.418. The van der Waals surface area contributed by atoms with Crippen LogP contribution in [0, 0.1) is 24.0 Å². The van der Waals surface area contributed by atoms with E-state index in [1.54, 1.807) is 50.5 Å². The third-order valence-corrected chi connectivity index (χ3v) is 4.21. The van der Waals surface area contributed by atoms with Gasteiger partial charge in [0.1, 0.15) is 12.6 Å². The monoisotopic (exact) mass is 374 g/mol. The predicted octanol–water partition coefficient (Wildman–Crippen LogP) is 3.49. The number of rotatable bonds is 7. The topological polar surface area (TPSA) is 101 Å². The molecule has 8 heteroatoms. The van der Waals surface area contributed by atoms with E-state index in [0.717, 1.165) is 5.69 Å². The molecule has 1 heterocycles. The van der Waals surface area contributed by atoms with E-state index in [4.69, 9.17) is 9.47 Å². The van der Waals surface area contributed by atoms with Gasteiger partial charge < -0.3 is 14.0 Å². The van der Waals surface area contributed by atoms with Gasteiger partial charge in [-0.2, -0.15) is 0 Å². The van der Waals surface area contributed by atoms with E-state index in [2.05, 4.69) is 0 Å². The molecule has 0 bridgehead atoms. The lowest BCUT2D eigenvalue weighted by Gasteiger charge is -2.15. The zero-order valence-electron chi connectivity index (χ0n) is 15.7. The highest BCUT2D eigenvalue weighted by Crippen LogP contribution is 2.22. The van der Waals surface area contributed by atoms with Crippen molar-refractivity contribution in [2.75, 3.05) is 6.61 Å². The molecule has 0 spiro atoms. The summed E-state index contributed by atoms with van der Waals surface area (Å²) in [5.74, 6) is -0.943. The van der Waals surface area contributed by atoms with Gasteiger partial charge in [-0.05, 0) is 39.3 Å². The zero-order chi connectivity index (χ0) is 20.1. The number of aryl methyl sites for hydroxylation is 1. The molecule has 1 atom stereocenters. The van der Waals surface area contributed by atoms with Gasteiger partial charge in [-0.25, -0.2) is 4.79 Å². The molecule has 0 aliphatic carbocycles. The van der Waals surface area contributed by atoms with E-state index in [0.29, 0.717) is 16.8 Å². The van der Waals surface area contributed by atoms with E-state index < -0.39 is 23.0 Å². The number of esters is 2. The first kappa shape index (κ1) is 20.2. The fraction of sp³-hybridized carbons (Fsp3) is 0.368. The van der Waals surface area contributed by atoms with Crippen LogP contribution in [0.15, 0.2) is 30.3 Å². The Kier molecular flexibility index (Phi) is 6.33. The average molecular weight is 374 g/mol. The molecule has 0 fully saturated rings. The normalized spacial score (nSPS) is 11.7. The molecule has 8 nitrogen and oxygen atoms in total. The summed E-state index contributed by atoms with van der Waals surface area (Å²) in [4.78, 5) is 34.7. The number of carbonyl (C=O) groups excluding carboxylic acids is 2. The van der Waals surface area contributed by atoms with Crippen LogP contribution in [-0.2, 0) is 20.8 Å². The van der Waals surface area contributed by atoms with Crippen LogP contribution in [-0.4, -0.2) is 28.0 Å². The SMILES string of the molecule is CCOC(=O)c1cc(C)n(CC(=O)O[C@@H](C)c2cccc([N+](=O)[O-])c2)c1C. The maximum atomic E-state index is 12.3. The number of carbonyl (C=O) groups is 2. The van der Waals surface area contributed by atoms with Crippen LogP contribution in [0.4, 0.5) is 5.69 Å². The number of nitro benzene ring substituents is 1. The minimum atomic E-state index is -0.641.